The molecule has 1 aromatic rings. The number of nitrogens with zero attached hydrogens (tertiary/aromatic N) is 1. The van der Waals surface area contributed by atoms with Gasteiger partial charge in [-0.3, -0.25) is 0 Å². The molecule has 134 valence electrons. The van der Waals surface area contributed by atoms with Gasteiger partial charge in [-0.25, -0.2) is 13.2 Å². The molecule has 1 fully saturated rings. The molecule has 7 nitrogen and oxygen atoms in total. The van der Waals surface area contributed by atoms with Crippen LogP contribution in [0.15, 0.2) is 11.0 Å². The summed E-state index contributed by atoms with van der Waals surface area (Å²) < 4.78 is 32.5. The maximum Gasteiger partial charge on any atom is 0.335 e. The second-order valence-corrected chi connectivity index (χ2v) is 8.09. The predicted octanol–water partition coefficient (Wildman–Crippen LogP) is 1.22. The summed E-state index contributed by atoms with van der Waals surface area (Å²) in [5.74, 6) is -0.685. The first-order valence-corrected chi connectivity index (χ1v) is 9.09. The maximum absolute atomic E-state index is 13.0. The molecule has 0 bridgehead atoms. The van der Waals surface area contributed by atoms with Gasteiger partial charge in [-0.05, 0) is 43.5 Å². The van der Waals surface area contributed by atoms with E-state index in [2.05, 4.69) is 0 Å². The lowest BCUT2D eigenvalue weighted by Crippen LogP contribution is -2.50. The van der Waals surface area contributed by atoms with Gasteiger partial charge in [0.15, 0.2) is 5.60 Å². The number of aliphatic carboxylic acids is 1. The van der Waals surface area contributed by atoms with E-state index >= 15 is 0 Å². The molecule has 0 saturated carbocycles. The van der Waals surface area contributed by atoms with Crippen molar-refractivity contribution in [1.29, 1.82) is 0 Å². The molecule has 1 heterocycles. The van der Waals surface area contributed by atoms with Crippen molar-refractivity contribution < 1.29 is 28.2 Å². The van der Waals surface area contributed by atoms with Crippen LogP contribution in [0.4, 0.5) is 0 Å². The van der Waals surface area contributed by atoms with Crippen LogP contribution >= 0.6 is 0 Å². The van der Waals surface area contributed by atoms with Crippen molar-refractivity contribution in [3.63, 3.8) is 0 Å². The molecule has 0 amide bonds. The number of benzene rings is 1. The average Bonchev–Trinajstić information content (AvgIpc) is 2.51. The van der Waals surface area contributed by atoms with E-state index in [-0.39, 0.29) is 30.8 Å². The van der Waals surface area contributed by atoms with E-state index in [1.54, 1.807) is 26.8 Å². The van der Waals surface area contributed by atoms with E-state index in [0.717, 1.165) is 5.56 Å². The smallest absolute Gasteiger partial charge is 0.335 e. The highest BCUT2D eigenvalue weighted by atomic mass is 32.2. The van der Waals surface area contributed by atoms with Crippen molar-refractivity contribution in [2.75, 3.05) is 20.2 Å². The Morgan fingerprint density at radius 3 is 2.21 bits per heavy atom. The Hall–Kier alpha value is -1.64. The number of methoxy groups -OCH3 is 1. The lowest BCUT2D eigenvalue weighted by molar-refractivity contribution is -0.162. The van der Waals surface area contributed by atoms with Crippen LogP contribution in [0.3, 0.4) is 0 Å². The Morgan fingerprint density at radius 1 is 1.21 bits per heavy atom. The molecule has 24 heavy (non-hydrogen) atoms. The SMILES string of the molecule is COc1cc(C)c(S(=O)(=O)N2CCC(O)(C(=O)O)CC2)c(C)c1C. The Kier molecular flexibility index (Phi) is 4.94. The highest BCUT2D eigenvalue weighted by Crippen LogP contribution is 2.34. The van der Waals surface area contributed by atoms with Crippen LogP contribution in [-0.2, 0) is 14.8 Å². The van der Waals surface area contributed by atoms with Gasteiger partial charge in [-0.1, -0.05) is 0 Å². The molecule has 2 N–H and O–H groups in total. The fourth-order valence-electron chi connectivity index (χ4n) is 3.07. The van der Waals surface area contributed by atoms with Crippen molar-refractivity contribution in [2.45, 2.75) is 44.1 Å². The third kappa shape index (κ3) is 3.01. The summed E-state index contributed by atoms with van der Waals surface area (Å²) in [7, 11) is -2.24. The van der Waals surface area contributed by atoms with Gasteiger partial charge in [0, 0.05) is 25.9 Å². The number of carboxylic acids is 1. The number of hydrogen-bond acceptors (Lipinski definition) is 5. The summed E-state index contributed by atoms with van der Waals surface area (Å²) in [6.45, 7) is 5.17. The molecule has 1 aromatic carbocycles. The first kappa shape index (κ1) is 18.7. The average molecular weight is 357 g/mol. The maximum atomic E-state index is 13.0. The molecular formula is C16H23NO6S. The van der Waals surface area contributed by atoms with Gasteiger partial charge in [0.05, 0.1) is 12.0 Å². The fraction of sp³-hybridized carbons (Fsp3) is 0.562. The second-order valence-electron chi connectivity index (χ2n) is 6.22. The van der Waals surface area contributed by atoms with Gasteiger partial charge in [0.1, 0.15) is 5.75 Å². The van der Waals surface area contributed by atoms with Crippen LogP contribution in [-0.4, -0.2) is 54.7 Å². The summed E-state index contributed by atoms with van der Waals surface area (Å²) in [6.07, 6.45) is -0.260. The molecular weight excluding hydrogens is 334 g/mol. The Balaban J connectivity index is 2.40. The highest BCUT2D eigenvalue weighted by Gasteiger charge is 2.43. The van der Waals surface area contributed by atoms with Gasteiger partial charge in [0.25, 0.3) is 0 Å². The van der Waals surface area contributed by atoms with Gasteiger partial charge in [0.2, 0.25) is 10.0 Å². The summed E-state index contributed by atoms with van der Waals surface area (Å²) in [6, 6.07) is 1.69. The Labute approximate surface area is 141 Å². The molecule has 0 atom stereocenters. The summed E-state index contributed by atoms with van der Waals surface area (Å²) >= 11 is 0. The molecule has 8 heteroatoms. The molecule has 2 rings (SSSR count). The summed E-state index contributed by atoms with van der Waals surface area (Å²) in [5.41, 5.74) is 0.0898. The van der Waals surface area contributed by atoms with Crippen LogP contribution < -0.4 is 4.74 Å². The molecule has 1 aliphatic heterocycles. The zero-order chi connectivity index (χ0) is 18.3. The number of ether oxygens (including phenoxy) is 1. The van der Waals surface area contributed by atoms with Crippen molar-refractivity contribution in [3.8, 4) is 5.75 Å². The van der Waals surface area contributed by atoms with E-state index in [1.165, 1.54) is 11.4 Å². The predicted molar refractivity (Wildman–Crippen MR) is 87.8 cm³/mol. The number of sulfonamides is 1. The molecule has 0 spiro atoms. The van der Waals surface area contributed by atoms with Crippen molar-refractivity contribution in [2.24, 2.45) is 0 Å². The number of aryl methyl sites for hydroxylation is 1. The lowest BCUT2D eigenvalue weighted by atomic mass is 9.93. The van der Waals surface area contributed by atoms with Crippen molar-refractivity contribution >= 4 is 16.0 Å². The Bertz CT molecular complexity index is 763. The molecule has 1 aliphatic rings. The number of carbonyl (C=O) groups is 1. The van der Waals surface area contributed by atoms with E-state index in [0.29, 0.717) is 16.9 Å². The molecule has 0 aliphatic carbocycles. The molecule has 0 aromatic heterocycles. The lowest BCUT2D eigenvalue weighted by Gasteiger charge is -2.35. The van der Waals surface area contributed by atoms with Gasteiger partial charge in [-0.2, -0.15) is 4.31 Å². The first-order chi connectivity index (χ1) is 11.0. The van der Waals surface area contributed by atoms with Crippen molar-refractivity contribution in [3.05, 3.63) is 22.8 Å². The quantitative estimate of drug-likeness (QED) is 0.840. The van der Waals surface area contributed by atoms with Gasteiger partial charge < -0.3 is 14.9 Å². The number of aliphatic hydroxyl groups is 1. The molecule has 1 saturated heterocycles. The minimum Gasteiger partial charge on any atom is -0.496 e. The van der Waals surface area contributed by atoms with E-state index < -0.39 is 21.6 Å². The zero-order valence-electron chi connectivity index (χ0n) is 14.3. The molecule has 0 unspecified atom stereocenters. The van der Waals surface area contributed by atoms with E-state index in [4.69, 9.17) is 9.84 Å². The minimum atomic E-state index is -3.77. The summed E-state index contributed by atoms with van der Waals surface area (Å²) in [4.78, 5) is 11.3. The van der Waals surface area contributed by atoms with Crippen LogP contribution in [0.1, 0.15) is 29.5 Å². The van der Waals surface area contributed by atoms with Gasteiger partial charge >= 0.3 is 5.97 Å². The topological polar surface area (TPSA) is 104 Å². The third-order valence-corrected chi connectivity index (χ3v) is 6.93. The van der Waals surface area contributed by atoms with Crippen LogP contribution in [0.25, 0.3) is 0 Å². The van der Waals surface area contributed by atoms with E-state index in [9.17, 15) is 18.3 Å². The number of rotatable bonds is 4. The number of carboxylic acid groups (broad SMARTS) is 1. The molecule has 0 radical (unpaired) electrons. The zero-order valence-corrected chi connectivity index (χ0v) is 15.1. The standard InChI is InChI=1S/C16H23NO6S/c1-10-9-13(23-4)11(2)12(3)14(10)24(21,22)17-7-5-16(20,6-8-17)15(18)19/h9,20H,5-8H2,1-4H3,(H,18,19). The first-order valence-electron chi connectivity index (χ1n) is 7.65. The largest absolute Gasteiger partial charge is 0.496 e. The monoisotopic (exact) mass is 357 g/mol. The second kappa shape index (κ2) is 6.34. The van der Waals surface area contributed by atoms with Crippen LogP contribution in [0.5, 0.6) is 5.75 Å². The van der Waals surface area contributed by atoms with Crippen LogP contribution in [0, 0.1) is 20.8 Å². The fourth-order valence-corrected chi connectivity index (χ4v) is 5.00. The van der Waals surface area contributed by atoms with Crippen molar-refractivity contribution in [1.82, 2.24) is 4.31 Å². The minimum absolute atomic E-state index is 0.0326. The number of hydrogen-bond donors (Lipinski definition) is 2. The van der Waals surface area contributed by atoms with Gasteiger partial charge in [-0.15, -0.1) is 0 Å². The summed E-state index contributed by atoms with van der Waals surface area (Å²) in [5, 5.41) is 19.0. The Morgan fingerprint density at radius 2 is 1.75 bits per heavy atom. The van der Waals surface area contributed by atoms with E-state index in [1.807, 2.05) is 0 Å². The third-order valence-electron chi connectivity index (χ3n) is 4.74. The number of piperidine rings is 1. The normalized spacial score (nSPS) is 18.4. The van der Waals surface area contributed by atoms with Crippen LogP contribution in [0.2, 0.25) is 0 Å². The highest BCUT2D eigenvalue weighted by molar-refractivity contribution is 7.89.